The molecule has 0 aromatic heterocycles. The van der Waals surface area contributed by atoms with E-state index >= 15 is 0 Å². The lowest BCUT2D eigenvalue weighted by molar-refractivity contribution is -0.112. The first-order valence-electron chi connectivity index (χ1n) is 6.71. The first-order valence-corrected chi connectivity index (χ1v) is 6.71. The Bertz CT molecular complexity index is 370. The van der Waals surface area contributed by atoms with Gasteiger partial charge in [0.2, 0.25) is 0 Å². The van der Waals surface area contributed by atoms with E-state index in [1.54, 1.807) is 5.57 Å². The van der Waals surface area contributed by atoms with E-state index in [2.05, 4.69) is 26.8 Å². The van der Waals surface area contributed by atoms with Gasteiger partial charge in [0.1, 0.15) is 6.29 Å². The topological polar surface area (TPSA) is 17.1 Å². The lowest BCUT2D eigenvalue weighted by Crippen LogP contribution is -2.36. The number of carbonyl (C=O) groups is 1. The van der Waals surface area contributed by atoms with E-state index in [0.717, 1.165) is 5.92 Å². The molecule has 0 heterocycles. The first-order chi connectivity index (χ1) is 7.55. The van der Waals surface area contributed by atoms with Gasteiger partial charge in [0, 0.05) is 5.41 Å². The van der Waals surface area contributed by atoms with Crippen molar-refractivity contribution in [1.82, 2.24) is 0 Å². The molecule has 2 saturated carbocycles. The van der Waals surface area contributed by atoms with Crippen molar-refractivity contribution in [2.75, 3.05) is 0 Å². The Kier molecular flexibility index (Phi) is 1.98. The highest BCUT2D eigenvalue weighted by atomic mass is 16.1. The van der Waals surface area contributed by atoms with Gasteiger partial charge in [0.15, 0.2) is 0 Å². The molecule has 0 aromatic carbocycles. The zero-order valence-electron chi connectivity index (χ0n) is 10.6. The number of fused-ring (bicyclic) bond motifs is 3. The molecule has 0 N–H and O–H groups in total. The van der Waals surface area contributed by atoms with Crippen LogP contribution in [-0.4, -0.2) is 6.29 Å². The molecule has 2 fully saturated rings. The van der Waals surface area contributed by atoms with Gasteiger partial charge in [-0.2, -0.15) is 0 Å². The third-order valence-corrected chi connectivity index (χ3v) is 6.09. The number of rotatable bonds is 1. The summed E-state index contributed by atoms with van der Waals surface area (Å²) >= 11 is 0. The summed E-state index contributed by atoms with van der Waals surface area (Å²) in [5, 5.41) is 0. The Hall–Kier alpha value is -0.590. The molecule has 0 saturated heterocycles. The molecule has 5 atom stereocenters. The fourth-order valence-corrected chi connectivity index (χ4v) is 4.86. The molecule has 0 aliphatic heterocycles. The fourth-order valence-electron chi connectivity index (χ4n) is 4.86. The van der Waals surface area contributed by atoms with Crippen LogP contribution in [0.1, 0.15) is 46.5 Å². The van der Waals surface area contributed by atoms with Crippen molar-refractivity contribution in [1.29, 1.82) is 0 Å². The molecule has 5 unspecified atom stereocenters. The second kappa shape index (κ2) is 3.00. The number of aldehydes is 1. The molecule has 3 rings (SSSR count). The maximum Gasteiger partial charge on any atom is 0.126 e. The molecule has 88 valence electrons. The van der Waals surface area contributed by atoms with Gasteiger partial charge in [-0.3, -0.25) is 0 Å². The van der Waals surface area contributed by atoms with Crippen molar-refractivity contribution in [3.8, 4) is 0 Å². The lowest BCUT2D eigenvalue weighted by atomic mass is 9.60. The van der Waals surface area contributed by atoms with Crippen molar-refractivity contribution in [3.05, 3.63) is 11.6 Å². The van der Waals surface area contributed by atoms with Crippen LogP contribution in [0.15, 0.2) is 11.6 Å². The van der Waals surface area contributed by atoms with Crippen LogP contribution in [0.5, 0.6) is 0 Å². The van der Waals surface area contributed by atoms with E-state index in [-0.39, 0.29) is 5.41 Å². The highest BCUT2D eigenvalue weighted by molar-refractivity contribution is 5.67. The molecule has 16 heavy (non-hydrogen) atoms. The Balaban J connectivity index is 2.04. The molecule has 1 nitrogen and oxygen atoms in total. The fraction of sp³-hybridized carbons (Fsp3) is 0.800. The number of allylic oxidation sites excluding steroid dienone is 2. The predicted molar refractivity (Wildman–Crippen MR) is 65.0 cm³/mol. The van der Waals surface area contributed by atoms with E-state index in [4.69, 9.17) is 0 Å². The molecule has 0 spiro atoms. The molecule has 0 aromatic rings. The third kappa shape index (κ3) is 1.00. The number of carbonyl (C=O) groups excluding carboxylic acids is 1. The van der Waals surface area contributed by atoms with Gasteiger partial charge in [-0.05, 0) is 48.9 Å². The van der Waals surface area contributed by atoms with Gasteiger partial charge >= 0.3 is 0 Å². The highest BCUT2D eigenvalue weighted by Crippen LogP contribution is 2.74. The normalized spacial score (nSPS) is 54.7. The monoisotopic (exact) mass is 218 g/mol. The largest absolute Gasteiger partial charge is 0.303 e. The molecule has 3 aliphatic carbocycles. The molecule has 0 bridgehead atoms. The van der Waals surface area contributed by atoms with Gasteiger partial charge < -0.3 is 4.79 Å². The van der Waals surface area contributed by atoms with Crippen molar-refractivity contribution >= 4 is 6.29 Å². The molecular formula is C15H22O. The van der Waals surface area contributed by atoms with Crippen LogP contribution in [0.25, 0.3) is 0 Å². The van der Waals surface area contributed by atoms with E-state index < -0.39 is 0 Å². The Morgan fingerprint density at radius 1 is 1.38 bits per heavy atom. The van der Waals surface area contributed by atoms with Gasteiger partial charge in [-0.1, -0.05) is 32.4 Å². The molecule has 3 aliphatic rings. The van der Waals surface area contributed by atoms with E-state index in [1.165, 1.54) is 32.0 Å². The zero-order chi connectivity index (χ0) is 11.6. The third-order valence-electron chi connectivity index (χ3n) is 6.09. The summed E-state index contributed by atoms with van der Waals surface area (Å²) in [5.41, 5.74) is 1.99. The van der Waals surface area contributed by atoms with Gasteiger partial charge in [-0.15, -0.1) is 0 Å². The second-order valence-corrected chi connectivity index (χ2v) is 6.60. The molecular weight excluding hydrogens is 196 g/mol. The van der Waals surface area contributed by atoms with Crippen LogP contribution in [0.2, 0.25) is 0 Å². The van der Waals surface area contributed by atoms with Crippen LogP contribution in [0.3, 0.4) is 0 Å². The van der Waals surface area contributed by atoms with Crippen LogP contribution >= 0.6 is 0 Å². The average molecular weight is 218 g/mol. The highest BCUT2D eigenvalue weighted by Gasteiger charge is 2.70. The smallest absolute Gasteiger partial charge is 0.126 e. The summed E-state index contributed by atoms with van der Waals surface area (Å²) in [6.07, 6.45) is 8.76. The summed E-state index contributed by atoms with van der Waals surface area (Å²) in [6.45, 7) is 7.00. The van der Waals surface area contributed by atoms with Crippen molar-refractivity contribution in [2.24, 2.45) is 28.6 Å². The summed E-state index contributed by atoms with van der Waals surface area (Å²) in [5.74, 6) is 2.06. The molecule has 0 radical (unpaired) electrons. The van der Waals surface area contributed by atoms with Gasteiger partial charge in [0.05, 0.1) is 0 Å². The summed E-state index contributed by atoms with van der Waals surface area (Å²) in [7, 11) is 0. The van der Waals surface area contributed by atoms with Crippen LogP contribution in [0.4, 0.5) is 0 Å². The van der Waals surface area contributed by atoms with E-state index in [0.29, 0.717) is 17.3 Å². The Labute approximate surface area is 98.3 Å². The number of hydrogen-bond acceptors (Lipinski definition) is 1. The van der Waals surface area contributed by atoms with Crippen LogP contribution < -0.4 is 0 Å². The second-order valence-electron chi connectivity index (χ2n) is 6.60. The van der Waals surface area contributed by atoms with Crippen LogP contribution in [-0.2, 0) is 4.79 Å². The minimum atomic E-state index is -0.00403. The van der Waals surface area contributed by atoms with Crippen LogP contribution in [0, 0.1) is 28.6 Å². The Morgan fingerprint density at radius 2 is 2.12 bits per heavy atom. The lowest BCUT2D eigenvalue weighted by Gasteiger charge is -2.45. The van der Waals surface area contributed by atoms with Gasteiger partial charge in [-0.25, -0.2) is 0 Å². The molecule has 1 heteroatoms. The number of hydrogen-bond donors (Lipinski definition) is 0. The maximum absolute atomic E-state index is 11.4. The SMILES string of the molecule is CC1CCC=C2CCC3C(C3(C)C=O)C21C. The standard InChI is InChI=1S/C15H22O/c1-10-5-4-6-11-7-8-12-13(15(10,11)3)14(12,2)9-16/h6,9-10,12-13H,4-5,7-8H2,1-3H3. The maximum atomic E-state index is 11.4. The summed E-state index contributed by atoms with van der Waals surface area (Å²) in [6, 6.07) is 0. The minimum absolute atomic E-state index is 0.00403. The van der Waals surface area contributed by atoms with E-state index in [9.17, 15) is 4.79 Å². The summed E-state index contributed by atoms with van der Waals surface area (Å²) < 4.78 is 0. The minimum Gasteiger partial charge on any atom is -0.303 e. The average Bonchev–Trinajstić information content (AvgIpc) is 2.89. The predicted octanol–water partition coefficient (Wildman–Crippen LogP) is 3.59. The quantitative estimate of drug-likeness (QED) is 0.485. The Morgan fingerprint density at radius 3 is 2.81 bits per heavy atom. The van der Waals surface area contributed by atoms with E-state index in [1.807, 2.05) is 0 Å². The van der Waals surface area contributed by atoms with Gasteiger partial charge in [0.25, 0.3) is 0 Å². The summed E-state index contributed by atoms with van der Waals surface area (Å²) in [4.78, 5) is 11.4. The van der Waals surface area contributed by atoms with Crippen molar-refractivity contribution in [3.63, 3.8) is 0 Å². The molecule has 0 amide bonds. The first kappa shape index (κ1) is 10.6. The zero-order valence-corrected chi connectivity index (χ0v) is 10.6. The van der Waals surface area contributed by atoms with Crippen molar-refractivity contribution in [2.45, 2.75) is 46.5 Å². The van der Waals surface area contributed by atoms with Crippen molar-refractivity contribution < 1.29 is 4.79 Å².